The van der Waals surface area contributed by atoms with Crippen LogP contribution in [0.2, 0.25) is 0 Å². The van der Waals surface area contributed by atoms with Crippen molar-refractivity contribution in [1.29, 1.82) is 0 Å². The van der Waals surface area contributed by atoms with Crippen molar-refractivity contribution in [3.05, 3.63) is 58.7 Å². The van der Waals surface area contributed by atoms with Crippen LogP contribution in [0.4, 0.5) is 0 Å². The second-order valence-corrected chi connectivity index (χ2v) is 6.54. The summed E-state index contributed by atoms with van der Waals surface area (Å²) in [6.45, 7) is 5.30. The SMILES string of the molecule is CCCN1CCc2cccc3c2[C@H]1Cc1cccc(CN)c1-3. The molecule has 0 spiro atoms. The molecule has 2 nitrogen and oxygen atoms in total. The van der Waals surface area contributed by atoms with Crippen molar-refractivity contribution in [3.8, 4) is 11.1 Å². The lowest BCUT2D eigenvalue weighted by Crippen LogP contribution is -2.39. The Balaban J connectivity index is 1.93. The average molecular weight is 292 g/mol. The molecular formula is C20H24N2. The first-order valence-electron chi connectivity index (χ1n) is 8.50. The molecule has 0 amide bonds. The highest BCUT2D eigenvalue weighted by Gasteiger charge is 2.34. The number of nitrogens with two attached hydrogens (primary N) is 1. The molecule has 114 valence electrons. The van der Waals surface area contributed by atoms with Crippen LogP contribution in [-0.4, -0.2) is 18.0 Å². The zero-order valence-electron chi connectivity index (χ0n) is 13.3. The molecule has 1 aliphatic heterocycles. The third kappa shape index (κ3) is 2.02. The summed E-state index contributed by atoms with van der Waals surface area (Å²) in [5.74, 6) is 0. The lowest BCUT2D eigenvalue weighted by atomic mass is 9.75. The molecule has 22 heavy (non-hydrogen) atoms. The Morgan fingerprint density at radius 1 is 1.14 bits per heavy atom. The van der Waals surface area contributed by atoms with Crippen LogP contribution < -0.4 is 5.73 Å². The maximum atomic E-state index is 6.01. The molecule has 0 unspecified atom stereocenters. The van der Waals surface area contributed by atoms with E-state index in [0.717, 1.165) is 6.42 Å². The minimum Gasteiger partial charge on any atom is -0.326 e. The predicted molar refractivity (Wildman–Crippen MR) is 91.8 cm³/mol. The van der Waals surface area contributed by atoms with Gasteiger partial charge in [-0.3, -0.25) is 4.90 Å². The van der Waals surface area contributed by atoms with E-state index in [9.17, 15) is 0 Å². The first kappa shape index (κ1) is 14.0. The van der Waals surface area contributed by atoms with Crippen LogP contribution in [0, 0.1) is 0 Å². The van der Waals surface area contributed by atoms with E-state index < -0.39 is 0 Å². The summed E-state index contributed by atoms with van der Waals surface area (Å²) in [5, 5.41) is 0. The molecule has 1 heterocycles. The Morgan fingerprint density at radius 3 is 2.77 bits per heavy atom. The molecule has 1 atom stereocenters. The average Bonchev–Trinajstić information content (AvgIpc) is 2.57. The Morgan fingerprint density at radius 2 is 1.95 bits per heavy atom. The number of fused-ring (bicyclic) bond motifs is 2. The normalized spacial score (nSPS) is 19.6. The first-order chi connectivity index (χ1) is 10.8. The second-order valence-electron chi connectivity index (χ2n) is 6.54. The Kier molecular flexibility index (Phi) is 3.51. The van der Waals surface area contributed by atoms with Gasteiger partial charge < -0.3 is 5.73 Å². The molecule has 0 saturated carbocycles. The molecule has 4 rings (SSSR count). The van der Waals surface area contributed by atoms with E-state index in [4.69, 9.17) is 5.73 Å². The minimum atomic E-state index is 0.556. The zero-order chi connectivity index (χ0) is 15.1. The lowest BCUT2D eigenvalue weighted by Gasteiger charge is -2.42. The van der Waals surface area contributed by atoms with Crippen molar-refractivity contribution in [3.63, 3.8) is 0 Å². The van der Waals surface area contributed by atoms with Gasteiger partial charge in [0.25, 0.3) is 0 Å². The molecule has 2 heteroatoms. The van der Waals surface area contributed by atoms with E-state index >= 15 is 0 Å². The lowest BCUT2D eigenvalue weighted by molar-refractivity contribution is 0.183. The van der Waals surface area contributed by atoms with E-state index in [2.05, 4.69) is 48.2 Å². The van der Waals surface area contributed by atoms with Crippen LogP contribution in [0.1, 0.15) is 41.6 Å². The molecule has 0 radical (unpaired) electrons. The number of rotatable bonds is 3. The third-order valence-corrected chi connectivity index (χ3v) is 5.29. The fourth-order valence-electron chi connectivity index (χ4n) is 4.38. The van der Waals surface area contributed by atoms with Gasteiger partial charge in [-0.15, -0.1) is 0 Å². The largest absolute Gasteiger partial charge is 0.326 e. The summed E-state index contributed by atoms with van der Waals surface area (Å²) < 4.78 is 0. The van der Waals surface area contributed by atoms with Crippen molar-refractivity contribution >= 4 is 0 Å². The highest BCUT2D eigenvalue weighted by molar-refractivity contribution is 5.78. The summed E-state index contributed by atoms with van der Waals surface area (Å²) in [5.41, 5.74) is 14.8. The van der Waals surface area contributed by atoms with Crippen LogP contribution in [-0.2, 0) is 19.4 Å². The highest BCUT2D eigenvalue weighted by atomic mass is 15.2. The van der Waals surface area contributed by atoms with Gasteiger partial charge in [-0.05, 0) is 59.2 Å². The van der Waals surface area contributed by atoms with Gasteiger partial charge in [-0.25, -0.2) is 0 Å². The van der Waals surface area contributed by atoms with Gasteiger partial charge >= 0.3 is 0 Å². The number of hydrogen-bond acceptors (Lipinski definition) is 2. The van der Waals surface area contributed by atoms with E-state index in [1.54, 1.807) is 11.1 Å². The highest BCUT2D eigenvalue weighted by Crippen LogP contribution is 2.46. The van der Waals surface area contributed by atoms with E-state index in [1.807, 2.05) is 0 Å². The summed E-state index contributed by atoms with van der Waals surface area (Å²) in [4.78, 5) is 2.68. The maximum Gasteiger partial charge on any atom is 0.0397 e. The van der Waals surface area contributed by atoms with Crippen LogP contribution in [0.25, 0.3) is 11.1 Å². The fraction of sp³-hybridized carbons (Fsp3) is 0.400. The Hall–Kier alpha value is -1.64. The van der Waals surface area contributed by atoms with E-state index in [0.29, 0.717) is 12.6 Å². The van der Waals surface area contributed by atoms with Gasteiger partial charge in [0.1, 0.15) is 0 Å². The molecule has 0 saturated heterocycles. The Bertz CT molecular complexity index is 705. The molecule has 2 aromatic carbocycles. The van der Waals surface area contributed by atoms with Gasteiger partial charge in [0.05, 0.1) is 0 Å². The quantitative estimate of drug-likeness (QED) is 0.935. The molecule has 2 aliphatic rings. The standard InChI is InChI=1S/C20H24N2/c1-2-10-22-11-9-14-5-4-8-17-19-15(12-18(22)20(14)17)6-3-7-16(19)13-21/h3-8,18H,2,9-13,21H2,1H3/t18-/m1/s1. The predicted octanol–water partition coefficient (Wildman–Crippen LogP) is 3.68. The first-order valence-corrected chi connectivity index (χ1v) is 8.50. The van der Waals surface area contributed by atoms with Gasteiger partial charge in [-0.2, -0.15) is 0 Å². The second kappa shape index (κ2) is 5.53. The number of hydrogen-bond donors (Lipinski definition) is 1. The van der Waals surface area contributed by atoms with Crippen LogP contribution in [0.3, 0.4) is 0 Å². The van der Waals surface area contributed by atoms with Crippen molar-refractivity contribution in [2.45, 2.75) is 38.8 Å². The van der Waals surface area contributed by atoms with Crippen LogP contribution in [0.15, 0.2) is 36.4 Å². The number of nitrogens with zero attached hydrogens (tertiary/aromatic N) is 1. The molecule has 2 aromatic rings. The molecule has 1 aliphatic carbocycles. The molecule has 2 N–H and O–H groups in total. The summed E-state index contributed by atoms with van der Waals surface area (Å²) in [6, 6.07) is 14.1. The minimum absolute atomic E-state index is 0.556. The smallest absolute Gasteiger partial charge is 0.0397 e. The van der Waals surface area contributed by atoms with Crippen molar-refractivity contribution < 1.29 is 0 Å². The van der Waals surface area contributed by atoms with Crippen LogP contribution >= 0.6 is 0 Å². The number of benzene rings is 2. The van der Waals surface area contributed by atoms with Crippen LogP contribution in [0.5, 0.6) is 0 Å². The van der Waals surface area contributed by atoms with Gasteiger partial charge in [0, 0.05) is 19.1 Å². The molecule has 0 fully saturated rings. The topological polar surface area (TPSA) is 29.3 Å². The Labute approximate surface area is 132 Å². The summed E-state index contributed by atoms with van der Waals surface area (Å²) >= 11 is 0. The van der Waals surface area contributed by atoms with Crippen molar-refractivity contribution in [2.75, 3.05) is 13.1 Å². The maximum absolute atomic E-state index is 6.01. The zero-order valence-corrected chi connectivity index (χ0v) is 13.3. The summed E-state index contributed by atoms with van der Waals surface area (Å²) in [7, 11) is 0. The van der Waals surface area contributed by atoms with Crippen molar-refractivity contribution in [1.82, 2.24) is 4.90 Å². The van der Waals surface area contributed by atoms with Crippen molar-refractivity contribution in [2.24, 2.45) is 5.73 Å². The van der Waals surface area contributed by atoms with Gasteiger partial charge in [0.15, 0.2) is 0 Å². The monoisotopic (exact) mass is 292 g/mol. The molecule has 0 bridgehead atoms. The van der Waals surface area contributed by atoms with E-state index in [1.165, 1.54) is 48.2 Å². The molecular weight excluding hydrogens is 268 g/mol. The summed E-state index contributed by atoms with van der Waals surface area (Å²) in [6.07, 6.45) is 3.54. The third-order valence-electron chi connectivity index (χ3n) is 5.29. The van der Waals surface area contributed by atoms with Gasteiger partial charge in [-0.1, -0.05) is 43.3 Å². The fourth-order valence-corrected chi connectivity index (χ4v) is 4.38. The van der Waals surface area contributed by atoms with Gasteiger partial charge in [0.2, 0.25) is 0 Å². The van der Waals surface area contributed by atoms with E-state index in [-0.39, 0.29) is 0 Å². The molecule has 0 aromatic heterocycles.